The maximum absolute atomic E-state index is 13.6. The van der Waals surface area contributed by atoms with E-state index in [1.165, 1.54) is 0 Å². The van der Waals surface area contributed by atoms with E-state index >= 15 is 0 Å². The van der Waals surface area contributed by atoms with Gasteiger partial charge in [-0.15, -0.1) is 0 Å². The second-order valence-corrected chi connectivity index (χ2v) is 11.9. The zero-order valence-electron chi connectivity index (χ0n) is 24.6. The number of carbonyl (C=O) groups is 2. The van der Waals surface area contributed by atoms with Gasteiger partial charge in [0, 0.05) is 47.1 Å². The normalized spacial score (nSPS) is 13.6. The van der Waals surface area contributed by atoms with Gasteiger partial charge in [-0.1, -0.05) is 0 Å². The van der Waals surface area contributed by atoms with E-state index in [0.29, 0.717) is 50.3 Å². The summed E-state index contributed by atoms with van der Waals surface area (Å²) in [6.45, 7) is 18.7. The molecule has 0 saturated carbocycles. The largest absolute Gasteiger partial charge is 0.494 e. The number of hydrogen-bond donors (Lipinski definition) is 2. The minimum absolute atomic E-state index is 0.0841. The average Bonchev–Trinajstić information content (AvgIpc) is 2.85. The quantitative estimate of drug-likeness (QED) is 0.265. The SMILES string of the molecule is CCOc1ccc(C(=O)C(CCC(CNC(C)(C)C)C(=O)c2ccc(OCC)cc2)CNC(C)(C)C)cc1. The van der Waals surface area contributed by atoms with Crippen molar-refractivity contribution < 1.29 is 19.1 Å². The van der Waals surface area contributed by atoms with Crippen LogP contribution in [0.25, 0.3) is 0 Å². The van der Waals surface area contributed by atoms with E-state index in [-0.39, 0.29) is 34.5 Å². The third-order valence-corrected chi connectivity index (χ3v) is 6.26. The number of Topliss-reactive ketones (excluding diaryl/α,β-unsaturated/α-hetero) is 2. The van der Waals surface area contributed by atoms with Crippen molar-refractivity contribution in [2.45, 2.75) is 79.3 Å². The maximum Gasteiger partial charge on any atom is 0.167 e. The summed E-state index contributed by atoms with van der Waals surface area (Å²) in [7, 11) is 0. The van der Waals surface area contributed by atoms with Crippen LogP contribution in [0.2, 0.25) is 0 Å². The Bertz CT molecular complexity index is 918. The molecule has 0 heterocycles. The molecule has 6 nitrogen and oxygen atoms in total. The van der Waals surface area contributed by atoms with E-state index in [1.54, 1.807) is 0 Å². The van der Waals surface area contributed by atoms with Gasteiger partial charge in [0.25, 0.3) is 0 Å². The predicted molar refractivity (Wildman–Crippen MR) is 156 cm³/mol. The van der Waals surface area contributed by atoms with Crippen LogP contribution in [0, 0.1) is 11.8 Å². The molecule has 0 bridgehead atoms. The Morgan fingerprint density at radius 2 is 0.947 bits per heavy atom. The van der Waals surface area contributed by atoms with E-state index in [9.17, 15) is 9.59 Å². The van der Waals surface area contributed by atoms with Crippen LogP contribution in [0.3, 0.4) is 0 Å². The first-order valence-corrected chi connectivity index (χ1v) is 13.9. The molecule has 0 radical (unpaired) electrons. The van der Waals surface area contributed by atoms with Crippen molar-refractivity contribution in [3.8, 4) is 11.5 Å². The summed E-state index contributed by atoms with van der Waals surface area (Å²) in [5.41, 5.74) is 1.08. The molecule has 38 heavy (non-hydrogen) atoms. The first-order valence-electron chi connectivity index (χ1n) is 13.9. The summed E-state index contributed by atoms with van der Waals surface area (Å²) in [5, 5.41) is 7.01. The number of ketones is 2. The molecule has 0 saturated heterocycles. The summed E-state index contributed by atoms with van der Waals surface area (Å²) >= 11 is 0. The van der Waals surface area contributed by atoms with Crippen LogP contribution in [0.15, 0.2) is 48.5 Å². The van der Waals surface area contributed by atoms with Crippen molar-refractivity contribution in [3.63, 3.8) is 0 Å². The molecule has 2 aromatic carbocycles. The van der Waals surface area contributed by atoms with E-state index in [2.05, 4.69) is 52.2 Å². The van der Waals surface area contributed by atoms with Crippen LogP contribution in [0.1, 0.15) is 88.9 Å². The molecular weight excluding hydrogens is 476 g/mol. The van der Waals surface area contributed by atoms with Crippen molar-refractivity contribution in [2.24, 2.45) is 11.8 Å². The highest BCUT2D eigenvalue weighted by Crippen LogP contribution is 2.24. The van der Waals surface area contributed by atoms with Crippen LogP contribution in [0.4, 0.5) is 0 Å². The van der Waals surface area contributed by atoms with Crippen molar-refractivity contribution in [1.82, 2.24) is 10.6 Å². The highest BCUT2D eigenvalue weighted by molar-refractivity contribution is 5.99. The minimum Gasteiger partial charge on any atom is -0.494 e. The summed E-state index contributed by atoms with van der Waals surface area (Å²) in [6.07, 6.45) is 1.21. The van der Waals surface area contributed by atoms with Crippen LogP contribution in [0.5, 0.6) is 11.5 Å². The molecule has 0 aromatic heterocycles. The molecule has 2 rings (SSSR count). The fourth-order valence-electron chi connectivity index (χ4n) is 4.15. The topological polar surface area (TPSA) is 76.7 Å². The first kappa shape index (κ1) is 31.5. The van der Waals surface area contributed by atoms with Gasteiger partial charge >= 0.3 is 0 Å². The predicted octanol–water partition coefficient (Wildman–Crippen LogP) is 6.34. The number of benzene rings is 2. The van der Waals surface area contributed by atoms with Gasteiger partial charge in [0.05, 0.1) is 13.2 Å². The monoisotopic (exact) mass is 524 g/mol. The number of hydrogen-bond acceptors (Lipinski definition) is 6. The Hall–Kier alpha value is -2.70. The van der Waals surface area contributed by atoms with E-state index in [1.807, 2.05) is 62.4 Å². The summed E-state index contributed by atoms with van der Waals surface area (Å²) in [5.74, 6) is 1.17. The Labute approximate surface area is 229 Å². The molecule has 2 N–H and O–H groups in total. The molecule has 0 aliphatic rings. The lowest BCUT2D eigenvalue weighted by Gasteiger charge is -2.28. The molecule has 2 unspecified atom stereocenters. The van der Waals surface area contributed by atoms with Crippen molar-refractivity contribution in [3.05, 3.63) is 59.7 Å². The van der Waals surface area contributed by atoms with Crippen molar-refractivity contribution in [1.29, 1.82) is 0 Å². The molecule has 0 aliphatic heterocycles. The molecule has 0 fully saturated rings. The Morgan fingerprint density at radius 1 is 0.632 bits per heavy atom. The lowest BCUT2D eigenvalue weighted by Crippen LogP contribution is -2.42. The van der Waals surface area contributed by atoms with Gasteiger partial charge in [-0.05, 0) is 117 Å². The van der Waals surface area contributed by atoms with Crippen LogP contribution < -0.4 is 20.1 Å². The first-order chi connectivity index (χ1) is 17.8. The zero-order chi connectivity index (χ0) is 28.3. The Morgan fingerprint density at radius 3 is 1.21 bits per heavy atom. The Balaban J connectivity index is 2.24. The van der Waals surface area contributed by atoms with Gasteiger partial charge in [0.15, 0.2) is 11.6 Å². The highest BCUT2D eigenvalue weighted by Gasteiger charge is 2.27. The van der Waals surface area contributed by atoms with E-state index in [0.717, 1.165) is 11.5 Å². The Kier molecular flexibility index (Phi) is 12.0. The number of carbonyl (C=O) groups excluding carboxylic acids is 2. The van der Waals surface area contributed by atoms with Gasteiger partial charge in [-0.2, -0.15) is 0 Å². The number of rotatable bonds is 15. The minimum atomic E-state index is -0.252. The molecule has 0 aliphatic carbocycles. The molecule has 6 heteroatoms. The average molecular weight is 525 g/mol. The lowest BCUT2D eigenvalue weighted by molar-refractivity contribution is 0.0858. The standard InChI is InChI=1S/C32H48N2O4/c1-9-37-27-17-13-23(14-18-27)29(35)25(21-33-31(3,4)5)11-12-26(22-34-32(6,7)8)30(36)24-15-19-28(20-16-24)38-10-2/h13-20,25-26,33-34H,9-12,21-22H2,1-8H3. The van der Waals surface area contributed by atoms with Crippen molar-refractivity contribution >= 4 is 11.6 Å². The zero-order valence-corrected chi connectivity index (χ0v) is 24.6. The van der Waals surface area contributed by atoms with Crippen LogP contribution >= 0.6 is 0 Å². The number of nitrogens with one attached hydrogen (secondary N) is 2. The van der Waals surface area contributed by atoms with Crippen LogP contribution in [-0.4, -0.2) is 48.9 Å². The number of ether oxygens (including phenoxy) is 2. The summed E-state index contributed by atoms with van der Waals surface area (Å²) in [6, 6.07) is 14.7. The smallest absolute Gasteiger partial charge is 0.167 e. The second-order valence-electron chi connectivity index (χ2n) is 11.9. The second kappa shape index (κ2) is 14.5. The molecular formula is C32H48N2O4. The molecule has 210 valence electrons. The summed E-state index contributed by atoms with van der Waals surface area (Å²) < 4.78 is 11.1. The fraction of sp³-hybridized carbons (Fsp3) is 0.562. The molecule has 0 amide bonds. The fourth-order valence-corrected chi connectivity index (χ4v) is 4.15. The van der Waals surface area contributed by atoms with Crippen molar-refractivity contribution in [2.75, 3.05) is 26.3 Å². The third kappa shape index (κ3) is 11.0. The molecule has 0 spiro atoms. The lowest BCUT2D eigenvalue weighted by atomic mass is 9.85. The van der Waals surface area contributed by atoms with E-state index in [4.69, 9.17) is 9.47 Å². The van der Waals surface area contributed by atoms with Gasteiger partial charge in [0.2, 0.25) is 0 Å². The van der Waals surface area contributed by atoms with E-state index < -0.39 is 0 Å². The van der Waals surface area contributed by atoms with Crippen LogP contribution in [-0.2, 0) is 0 Å². The van der Waals surface area contributed by atoms with Gasteiger partial charge in [0.1, 0.15) is 11.5 Å². The molecule has 2 aromatic rings. The molecule has 2 atom stereocenters. The van der Waals surface area contributed by atoms with Gasteiger partial charge in [-0.3, -0.25) is 9.59 Å². The maximum atomic E-state index is 13.6. The highest BCUT2D eigenvalue weighted by atomic mass is 16.5. The third-order valence-electron chi connectivity index (χ3n) is 6.26. The summed E-state index contributed by atoms with van der Waals surface area (Å²) in [4.78, 5) is 27.2. The van der Waals surface area contributed by atoms with Gasteiger partial charge in [-0.25, -0.2) is 0 Å². The van der Waals surface area contributed by atoms with Gasteiger partial charge < -0.3 is 20.1 Å².